The van der Waals surface area contributed by atoms with Gasteiger partial charge in [0.15, 0.2) is 0 Å². The number of rotatable bonds is 8. The average molecular weight is 334 g/mol. The van der Waals surface area contributed by atoms with Crippen LogP contribution in [0, 0.1) is 5.92 Å². The molecule has 0 aromatic heterocycles. The van der Waals surface area contributed by atoms with Gasteiger partial charge in [-0.25, -0.2) is 0 Å². The summed E-state index contributed by atoms with van der Waals surface area (Å²) in [5.74, 6) is 0.721. The fourth-order valence-electron chi connectivity index (χ4n) is 1.63. The van der Waals surface area contributed by atoms with Crippen LogP contribution in [-0.2, 0) is 6.54 Å². The first-order chi connectivity index (χ1) is 8.59. The Hall–Kier alpha value is -0.0900. The highest BCUT2D eigenvalue weighted by atomic mass is 79.9. The zero-order valence-corrected chi connectivity index (χ0v) is 13.4. The Morgan fingerprint density at radius 3 is 2.67 bits per heavy atom. The SMILES string of the molecule is CC(C)CNCCCNCc1cc(Br)ccc1Cl. The van der Waals surface area contributed by atoms with Crippen LogP contribution in [0.25, 0.3) is 0 Å². The first kappa shape index (κ1) is 16.0. The van der Waals surface area contributed by atoms with Crippen molar-refractivity contribution in [2.45, 2.75) is 26.8 Å². The summed E-state index contributed by atoms with van der Waals surface area (Å²) in [6.07, 6.45) is 1.14. The van der Waals surface area contributed by atoms with Crippen LogP contribution < -0.4 is 10.6 Å². The maximum atomic E-state index is 6.12. The molecule has 0 fully saturated rings. The van der Waals surface area contributed by atoms with Gasteiger partial charge in [-0.3, -0.25) is 0 Å². The average Bonchev–Trinajstić information content (AvgIpc) is 2.32. The van der Waals surface area contributed by atoms with Gasteiger partial charge in [0.2, 0.25) is 0 Å². The van der Waals surface area contributed by atoms with Crippen molar-refractivity contribution >= 4 is 27.5 Å². The van der Waals surface area contributed by atoms with E-state index in [2.05, 4.69) is 46.5 Å². The highest BCUT2D eigenvalue weighted by molar-refractivity contribution is 9.10. The van der Waals surface area contributed by atoms with Crippen LogP contribution in [0.4, 0.5) is 0 Å². The van der Waals surface area contributed by atoms with E-state index in [4.69, 9.17) is 11.6 Å². The van der Waals surface area contributed by atoms with Gasteiger partial charge in [0, 0.05) is 16.0 Å². The molecule has 0 saturated carbocycles. The summed E-state index contributed by atoms with van der Waals surface area (Å²) in [4.78, 5) is 0. The predicted molar refractivity (Wildman–Crippen MR) is 83.2 cm³/mol. The molecule has 0 aliphatic heterocycles. The number of benzene rings is 1. The molecule has 0 radical (unpaired) electrons. The zero-order chi connectivity index (χ0) is 13.4. The summed E-state index contributed by atoms with van der Waals surface area (Å²) in [6.45, 7) is 8.44. The fourth-order valence-corrected chi connectivity index (χ4v) is 2.22. The van der Waals surface area contributed by atoms with E-state index in [1.807, 2.05) is 12.1 Å². The third-order valence-corrected chi connectivity index (χ3v) is 3.44. The Kier molecular flexibility index (Phi) is 7.91. The van der Waals surface area contributed by atoms with Crippen molar-refractivity contribution in [3.8, 4) is 0 Å². The van der Waals surface area contributed by atoms with Crippen LogP contribution in [0.15, 0.2) is 22.7 Å². The summed E-state index contributed by atoms with van der Waals surface area (Å²) >= 11 is 9.58. The second-order valence-corrected chi connectivity index (χ2v) is 6.19. The molecule has 4 heteroatoms. The summed E-state index contributed by atoms with van der Waals surface area (Å²) in [7, 11) is 0. The van der Waals surface area contributed by atoms with Gasteiger partial charge in [0.05, 0.1) is 0 Å². The molecular weight excluding hydrogens is 312 g/mol. The Bertz CT molecular complexity index is 356. The fraction of sp³-hybridized carbons (Fsp3) is 0.571. The maximum absolute atomic E-state index is 6.12. The minimum atomic E-state index is 0.721. The molecule has 1 aromatic rings. The number of hydrogen-bond donors (Lipinski definition) is 2. The molecule has 2 nitrogen and oxygen atoms in total. The Labute approximate surface area is 124 Å². The first-order valence-corrected chi connectivity index (χ1v) is 7.62. The van der Waals surface area contributed by atoms with Crippen molar-refractivity contribution in [3.63, 3.8) is 0 Å². The smallest absolute Gasteiger partial charge is 0.0451 e. The van der Waals surface area contributed by atoms with Crippen LogP contribution >= 0.6 is 27.5 Å². The van der Waals surface area contributed by atoms with Gasteiger partial charge in [0.25, 0.3) is 0 Å². The molecule has 0 unspecified atom stereocenters. The zero-order valence-electron chi connectivity index (χ0n) is 11.1. The van der Waals surface area contributed by atoms with E-state index in [0.717, 1.165) is 53.6 Å². The van der Waals surface area contributed by atoms with E-state index in [1.165, 1.54) is 0 Å². The molecular formula is C14H22BrClN2. The molecule has 0 aliphatic rings. The van der Waals surface area contributed by atoms with Crippen molar-refractivity contribution < 1.29 is 0 Å². The minimum Gasteiger partial charge on any atom is -0.316 e. The van der Waals surface area contributed by atoms with Crippen LogP contribution in [0.1, 0.15) is 25.8 Å². The topological polar surface area (TPSA) is 24.1 Å². The van der Waals surface area contributed by atoms with Crippen molar-refractivity contribution in [1.82, 2.24) is 10.6 Å². The molecule has 2 N–H and O–H groups in total. The molecule has 1 aromatic carbocycles. The molecule has 0 aliphatic carbocycles. The van der Waals surface area contributed by atoms with Gasteiger partial charge in [-0.1, -0.05) is 41.4 Å². The van der Waals surface area contributed by atoms with Crippen molar-refractivity contribution in [2.24, 2.45) is 5.92 Å². The lowest BCUT2D eigenvalue weighted by Crippen LogP contribution is -2.24. The van der Waals surface area contributed by atoms with Gasteiger partial charge >= 0.3 is 0 Å². The summed E-state index contributed by atoms with van der Waals surface area (Å²) in [5, 5.41) is 7.67. The molecule has 0 heterocycles. The van der Waals surface area contributed by atoms with Crippen molar-refractivity contribution in [3.05, 3.63) is 33.3 Å². The monoisotopic (exact) mass is 332 g/mol. The van der Waals surface area contributed by atoms with Gasteiger partial charge in [-0.05, 0) is 55.7 Å². The second-order valence-electron chi connectivity index (χ2n) is 4.86. The van der Waals surface area contributed by atoms with Crippen molar-refractivity contribution in [2.75, 3.05) is 19.6 Å². The number of hydrogen-bond acceptors (Lipinski definition) is 2. The predicted octanol–water partition coefficient (Wildman–Crippen LogP) is 3.83. The summed E-state index contributed by atoms with van der Waals surface area (Å²) in [5.41, 5.74) is 1.14. The molecule has 0 amide bonds. The van der Waals surface area contributed by atoms with E-state index in [9.17, 15) is 0 Å². The maximum Gasteiger partial charge on any atom is 0.0451 e. The molecule has 0 atom stereocenters. The number of nitrogens with one attached hydrogen (secondary N) is 2. The normalized spacial score (nSPS) is 11.2. The summed E-state index contributed by atoms with van der Waals surface area (Å²) < 4.78 is 1.07. The van der Waals surface area contributed by atoms with Crippen LogP contribution in [0.3, 0.4) is 0 Å². The Balaban J connectivity index is 2.12. The Morgan fingerprint density at radius 1 is 1.22 bits per heavy atom. The van der Waals surface area contributed by atoms with Gasteiger partial charge in [-0.2, -0.15) is 0 Å². The summed E-state index contributed by atoms with van der Waals surface area (Å²) in [6, 6.07) is 5.95. The quantitative estimate of drug-likeness (QED) is 0.707. The lowest BCUT2D eigenvalue weighted by Gasteiger charge is -2.09. The molecule has 0 saturated heterocycles. The van der Waals surface area contributed by atoms with E-state index in [1.54, 1.807) is 0 Å². The highest BCUT2D eigenvalue weighted by Crippen LogP contribution is 2.20. The van der Waals surface area contributed by atoms with Crippen molar-refractivity contribution in [1.29, 1.82) is 0 Å². The molecule has 0 spiro atoms. The lowest BCUT2D eigenvalue weighted by molar-refractivity contribution is 0.530. The van der Waals surface area contributed by atoms with Crippen LogP contribution in [-0.4, -0.2) is 19.6 Å². The van der Waals surface area contributed by atoms with E-state index < -0.39 is 0 Å². The van der Waals surface area contributed by atoms with Gasteiger partial charge in [-0.15, -0.1) is 0 Å². The van der Waals surface area contributed by atoms with Gasteiger partial charge < -0.3 is 10.6 Å². The van der Waals surface area contributed by atoms with E-state index in [-0.39, 0.29) is 0 Å². The molecule has 0 bridgehead atoms. The second kappa shape index (κ2) is 8.92. The standard InChI is InChI=1S/C14H22BrClN2/c1-11(2)9-17-6-3-7-18-10-12-8-13(15)4-5-14(12)16/h4-5,8,11,17-18H,3,6-7,9-10H2,1-2H3. The van der Waals surface area contributed by atoms with E-state index >= 15 is 0 Å². The number of halogens is 2. The Morgan fingerprint density at radius 2 is 1.94 bits per heavy atom. The largest absolute Gasteiger partial charge is 0.316 e. The third-order valence-electron chi connectivity index (χ3n) is 2.58. The first-order valence-electron chi connectivity index (χ1n) is 6.45. The third kappa shape index (κ3) is 6.74. The molecule has 18 heavy (non-hydrogen) atoms. The lowest BCUT2D eigenvalue weighted by atomic mass is 10.2. The van der Waals surface area contributed by atoms with Gasteiger partial charge in [0.1, 0.15) is 0 Å². The van der Waals surface area contributed by atoms with Crippen LogP contribution in [0.5, 0.6) is 0 Å². The minimum absolute atomic E-state index is 0.721. The molecule has 1 rings (SSSR count). The van der Waals surface area contributed by atoms with Crippen LogP contribution in [0.2, 0.25) is 5.02 Å². The van der Waals surface area contributed by atoms with E-state index in [0.29, 0.717) is 0 Å². The molecule has 102 valence electrons. The highest BCUT2D eigenvalue weighted by Gasteiger charge is 2.00.